The lowest BCUT2D eigenvalue weighted by atomic mass is 9.55. The molecule has 3 aliphatic rings. The number of nitrogens with zero attached hydrogens (tertiary/aromatic N) is 4. The molecule has 1 saturated carbocycles. The van der Waals surface area contributed by atoms with E-state index in [0.29, 0.717) is 84.7 Å². The summed E-state index contributed by atoms with van der Waals surface area (Å²) in [6, 6.07) is 20.1. The van der Waals surface area contributed by atoms with Gasteiger partial charge in [0.25, 0.3) is 11.4 Å². The second kappa shape index (κ2) is 25.4. The molecule has 7 rings (SSSR count). The number of oxime groups is 1. The largest absolute Gasteiger partial charge is 0.496 e. The molecule has 0 bridgehead atoms. The van der Waals surface area contributed by atoms with Crippen LogP contribution >= 0.6 is 0 Å². The summed E-state index contributed by atoms with van der Waals surface area (Å²) in [6.07, 6.45) is 7.19. The van der Waals surface area contributed by atoms with Crippen LogP contribution in [0.1, 0.15) is 72.3 Å². The first-order chi connectivity index (χ1) is 35.5. The highest BCUT2D eigenvalue weighted by molar-refractivity contribution is 6.03. The third kappa shape index (κ3) is 12.5. The quantitative estimate of drug-likeness (QED) is 0.0166. The zero-order chi connectivity index (χ0) is 51.9. The van der Waals surface area contributed by atoms with Gasteiger partial charge in [-0.15, -0.1) is 6.58 Å². The topological polar surface area (TPSA) is 261 Å². The van der Waals surface area contributed by atoms with Crippen LogP contribution in [0.5, 0.6) is 28.7 Å². The van der Waals surface area contributed by atoms with E-state index >= 15 is 0 Å². The van der Waals surface area contributed by atoms with E-state index in [9.17, 15) is 45.1 Å². The van der Waals surface area contributed by atoms with Crippen molar-refractivity contribution in [2.45, 2.75) is 69.3 Å². The van der Waals surface area contributed by atoms with E-state index in [2.05, 4.69) is 12.7 Å². The van der Waals surface area contributed by atoms with E-state index in [1.807, 2.05) is 6.07 Å². The van der Waals surface area contributed by atoms with Crippen molar-refractivity contribution in [3.8, 4) is 28.7 Å². The number of allylic oxidation sites excluding steroid dienone is 1. The molecule has 1 heterocycles. The number of nitro groups is 2. The Morgan fingerprint density at radius 1 is 0.877 bits per heavy atom. The third-order valence-electron chi connectivity index (χ3n) is 13.3. The summed E-state index contributed by atoms with van der Waals surface area (Å²) in [5.41, 5.74) is 2.47. The minimum atomic E-state index is -1.73. The van der Waals surface area contributed by atoms with Gasteiger partial charge in [0.1, 0.15) is 41.4 Å². The van der Waals surface area contributed by atoms with Gasteiger partial charge in [-0.2, -0.15) is 0 Å². The number of amides is 1. The van der Waals surface area contributed by atoms with Crippen molar-refractivity contribution < 1.29 is 68.0 Å². The normalized spacial score (nSPS) is 21.1. The van der Waals surface area contributed by atoms with Crippen LogP contribution in [0.2, 0.25) is 0 Å². The van der Waals surface area contributed by atoms with E-state index in [4.69, 9.17) is 38.4 Å². The number of hydrogen-bond acceptors (Lipinski definition) is 17. The maximum Gasteiger partial charge on any atom is 0.415 e. The lowest BCUT2D eigenvalue weighted by Crippen LogP contribution is -2.70. The minimum absolute atomic E-state index is 0.00369. The number of aldehydes is 1. The second-order valence-electron chi connectivity index (χ2n) is 17.7. The molecule has 20 heteroatoms. The Morgan fingerprint density at radius 2 is 1.55 bits per heavy atom. The number of fused-ring (bicyclic) bond motifs is 2. The molecule has 0 aromatic heterocycles. The Morgan fingerprint density at radius 3 is 2.21 bits per heavy atom. The second-order valence-corrected chi connectivity index (χ2v) is 17.7. The number of non-ortho nitro benzene ring substituents is 2. The van der Waals surface area contributed by atoms with Crippen molar-refractivity contribution in [3.63, 3.8) is 0 Å². The van der Waals surface area contributed by atoms with Gasteiger partial charge >= 0.3 is 6.09 Å². The number of rotatable bonds is 27. The van der Waals surface area contributed by atoms with E-state index in [1.54, 1.807) is 48.5 Å². The number of methoxy groups -OCH3 is 1. The maximum atomic E-state index is 14.9. The van der Waals surface area contributed by atoms with Crippen LogP contribution in [0.4, 0.5) is 16.2 Å². The summed E-state index contributed by atoms with van der Waals surface area (Å²) in [5, 5.41) is 57.5. The third-order valence-corrected chi connectivity index (χ3v) is 13.3. The predicted molar refractivity (Wildman–Crippen MR) is 265 cm³/mol. The highest BCUT2D eigenvalue weighted by Crippen LogP contribution is 2.62. The van der Waals surface area contributed by atoms with Crippen LogP contribution in [0, 0.1) is 38.0 Å². The molecule has 3 N–H and O–H groups in total. The van der Waals surface area contributed by atoms with Gasteiger partial charge in [0, 0.05) is 61.9 Å². The minimum Gasteiger partial charge on any atom is -0.496 e. The lowest BCUT2D eigenvalue weighted by molar-refractivity contribution is -0.385. The molecule has 0 radical (unpaired) electrons. The van der Waals surface area contributed by atoms with Gasteiger partial charge < -0.3 is 48.6 Å². The molecule has 1 fully saturated rings. The van der Waals surface area contributed by atoms with Gasteiger partial charge in [-0.05, 0) is 109 Å². The standard InChI is InChI=1S/C53H60N4O16/c1-3-26-69-53-49(55(22-27-68-28-25-60)52(62)72-40-16-14-39(15-17-40)57(65)66)32-46(54-70-34-35-10-12-38(13-11-35)56(63)64)44-30-36(8-4-6-23-58)43(9-5-7-24-59)50(51(44)53)45-31-42(19-21-48(45)73-53)71-41-18-20-47(67-2)37(29-41)33-61/h3,10-21,29-31,33,36,43,49-51,58-60H,1,4-9,22-28,32,34H2,2H3. The van der Waals surface area contributed by atoms with Crippen molar-refractivity contribution in [1.29, 1.82) is 0 Å². The average molecular weight is 1010 g/mol. The number of aliphatic hydroxyl groups excluding tert-OH is 3. The lowest BCUT2D eigenvalue weighted by Gasteiger charge is -2.59. The molecule has 2 aliphatic carbocycles. The molecule has 388 valence electrons. The number of nitro benzene ring substituents is 2. The molecule has 20 nitrogen and oxygen atoms in total. The van der Waals surface area contributed by atoms with Crippen molar-refractivity contribution in [1.82, 2.24) is 4.90 Å². The highest BCUT2D eigenvalue weighted by atomic mass is 16.7. The number of hydrogen-bond donors (Lipinski definition) is 3. The molecule has 4 aromatic carbocycles. The number of unbranched alkanes of at least 4 members (excludes halogenated alkanes) is 2. The fourth-order valence-corrected chi connectivity index (χ4v) is 10.1. The zero-order valence-electron chi connectivity index (χ0n) is 40.5. The highest BCUT2D eigenvalue weighted by Gasteiger charge is 2.65. The number of aliphatic hydroxyl groups is 3. The first-order valence-electron chi connectivity index (χ1n) is 24.1. The van der Waals surface area contributed by atoms with Gasteiger partial charge in [0.05, 0.1) is 60.6 Å². The van der Waals surface area contributed by atoms with Crippen LogP contribution in [0.15, 0.2) is 114 Å². The van der Waals surface area contributed by atoms with Gasteiger partial charge in [0.15, 0.2) is 6.29 Å². The van der Waals surface area contributed by atoms with Crippen molar-refractivity contribution in [2.75, 3.05) is 53.3 Å². The Bertz CT molecular complexity index is 2620. The first kappa shape index (κ1) is 53.6. The zero-order valence-corrected chi connectivity index (χ0v) is 40.5. The Balaban J connectivity index is 1.43. The summed E-state index contributed by atoms with van der Waals surface area (Å²) in [5.74, 6) is -1.66. The Labute approximate surface area is 421 Å². The summed E-state index contributed by atoms with van der Waals surface area (Å²) in [7, 11) is 1.47. The summed E-state index contributed by atoms with van der Waals surface area (Å²) in [6.45, 7) is 3.29. The smallest absolute Gasteiger partial charge is 0.415 e. The van der Waals surface area contributed by atoms with Gasteiger partial charge in [-0.1, -0.05) is 30.1 Å². The fraction of sp³-hybridized carbons (Fsp3) is 0.415. The summed E-state index contributed by atoms with van der Waals surface area (Å²) >= 11 is 0. The molecule has 1 aliphatic heterocycles. The van der Waals surface area contributed by atoms with Crippen LogP contribution in [-0.4, -0.2) is 113 Å². The van der Waals surface area contributed by atoms with E-state index < -0.39 is 39.6 Å². The van der Waals surface area contributed by atoms with Crippen LogP contribution in [0.25, 0.3) is 0 Å². The number of carbonyl (C=O) groups is 2. The van der Waals surface area contributed by atoms with Gasteiger partial charge in [0.2, 0.25) is 5.79 Å². The molecule has 4 aromatic rings. The summed E-state index contributed by atoms with van der Waals surface area (Å²) in [4.78, 5) is 56.4. The molecule has 0 spiro atoms. The van der Waals surface area contributed by atoms with Crippen LogP contribution in [-0.2, 0) is 20.9 Å². The molecule has 1 amide bonds. The van der Waals surface area contributed by atoms with Crippen LogP contribution in [0.3, 0.4) is 0 Å². The monoisotopic (exact) mass is 1010 g/mol. The van der Waals surface area contributed by atoms with E-state index in [1.165, 1.54) is 48.4 Å². The number of carbonyl (C=O) groups excluding carboxylic acids is 2. The van der Waals surface area contributed by atoms with Gasteiger partial charge in [-0.3, -0.25) is 29.9 Å². The van der Waals surface area contributed by atoms with E-state index in [-0.39, 0.29) is 93.7 Å². The van der Waals surface area contributed by atoms with Crippen LogP contribution < -0.4 is 18.9 Å². The van der Waals surface area contributed by atoms with Gasteiger partial charge in [-0.25, -0.2) is 4.79 Å². The SMILES string of the molecule is C=CCOC12Oc3ccc(Oc4ccc(OC)c(C=O)c4)cc3C3C(CCCCO)C(CCCCO)C=C(C(=NOCc4ccc([N+](=O)[O-])cc4)CC1N(CCOCCO)C(=O)Oc1ccc([N+](=O)[O-])cc1)C32. The molecule has 0 saturated heterocycles. The Hall–Kier alpha value is -7.23. The molecular formula is C53H60N4O16. The molecule has 6 atom stereocenters. The fourth-order valence-electron chi connectivity index (χ4n) is 10.1. The molecule has 73 heavy (non-hydrogen) atoms. The van der Waals surface area contributed by atoms with Crippen molar-refractivity contribution in [3.05, 3.63) is 146 Å². The van der Waals surface area contributed by atoms with Crippen molar-refractivity contribution in [2.24, 2.45) is 22.9 Å². The van der Waals surface area contributed by atoms with Crippen molar-refractivity contribution >= 4 is 29.5 Å². The number of benzene rings is 4. The summed E-state index contributed by atoms with van der Waals surface area (Å²) < 4.78 is 37.9. The number of ether oxygens (including phenoxy) is 6. The average Bonchev–Trinajstić information content (AvgIpc) is 3.39. The predicted octanol–water partition coefficient (Wildman–Crippen LogP) is 8.46. The first-order valence-corrected chi connectivity index (χ1v) is 24.1. The maximum absolute atomic E-state index is 14.9. The van der Waals surface area contributed by atoms with E-state index in [0.717, 1.165) is 5.56 Å². The Kier molecular flexibility index (Phi) is 18.7. The molecule has 6 unspecified atom stereocenters. The molecular weight excluding hydrogens is 949 g/mol.